The van der Waals surface area contributed by atoms with Crippen molar-refractivity contribution in [2.24, 2.45) is 11.8 Å². The monoisotopic (exact) mass is 847 g/mol. The molecule has 0 fully saturated rings. The zero-order valence-electron chi connectivity index (χ0n) is 30.4. The van der Waals surface area contributed by atoms with Gasteiger partial charge in [0.15, 0.2) is 5.78 Å². The largest absolute Gasteiger partial charge is 0.512 e. The zero-order valence-corrected chi connectivity index (χ0v) is 33.8. The van der Waals surface area contributed by atoms with Crippen LogP contribution in [-0.4, -0.2) is 23.9 Å². The third-order valence-electron chi connectivity index (χ3n) is 9.34. The number of rotatable bonds is 11. The van der Waals surface area contributed by atoms with Crippen molar-refractivity contribution in [2.45, 2.75) is 79.9 Å². The van der Waals surface area contributed by atoms with E-state index in [9.17, 15) is 9.90 Å². The number of aliphatic hydroxyl groups is 1. The van der Waals surface area contributed by atoms with Crippen LogP contribution in [0.2, 0.25) is 19.6 Å². The molecule has 5 aromatic rings. The molecule has 4 aromatic carbocycles. The summed E-state index contributed by atoms with van der Waals surface area (Å²) in [4.78, 5) is 16.8. The molecule has 1 aromatic heterocycles. The third-order valence-corrected chi connectivity index (χ3v) is 11.4. The Hall–Kier alpha value is -3.63. The van der Waals surface area contributed by atoms with Gasteiger partial charge in [-0.15, -0.1) is 29.3 Å². The van der Waals surface area contributed by atoms with Crippen LogP contribution < -0.4 is 5.19 Å². The van der Waals surface area contributed by atoms with Gasteiger partial charge in [-0.25, -0.2) is 0 Å². The molecular formula is C44H52IrNO2Si-. The first-order chi connectivity index (χ1) is 23.0. The van der Waals surface area contributed by atoms with Gasteiger partial charge in [-0.3, -0.25) is 9.78 Å². The van der Waals surface area contributed by atoms with Crippen LogP contribution in [0.15, 0.2) is 109 Å². The van der Waals surface area contributed by atoms with Crippen molar-refractivity contribution in [2.75, 3.05) is 0 Å². The van der Waals surface area contributed by atoms with Gasteiger partial charge in [0.2, 0.25) is 0 Å². The van der Waals surface area contributed by atoms with Gasteiger partial charge in [-0.2, -0.15) is 0 Å². The summed E-state index contributed by atoms with van der Waals surface area (Å²) in [5.74, 6) is 0.547. The first kappa shape index (κ1) is 39.8. The molecule has 49 heavy (non-hydrogen) atoms. The van der Waals surface area contributed by atoms with Gasteiger partial charge in [-0.1, -0.05) is 149 Å². The zero-order chi connectivity index (χ0) is 34.8. The van der Waals surface area contributed by atoms with Crippen molar-refractivity contribution in [3.8, 4) is 33.5 Å². The van der Waals surface area contributed by atoms with Crippen LogP contribution in [0.3, 0.4) is 0 Å². The first-order valence-electron chi connectivity index (χ1n) is 17.5. The van der Waals surface area contributed by atoms with Crippen LogP contribution in [0.4, 0.5) is 0 Å². The summed E-state index contributed by atoms with van der Waals surface area (Å²) in [5, 5.41) is 12.5. The maximum atomic E-state index is 11.7. The van der Waals surface area contributed by atoms with Gasteiger partial charge in [0, 0.05) is 43.4 Å². The summed E-state index contributed by atoms with van der Waals surface area (Å²) in [6.07, 6.45) is 4.91. The van der Waals surface area contributed by atoms with E-state index in [0.717, 1.165) is 42.5 Å². The Balaban J connectivity index is 0.000000347. The minimum absolute atomic E-state index is 0. The Morgan fingerprint density at radius 1 is 0.796 bits per heavy atom. The molecule has 0 saturated carbocycles. The van der Waals surface area contributed by atoms with Crippen molar-refractivity contribution < 1.29 is 30.0 Å². The number of nitrogens with zero attached hydrogens (tertiary/aromatic N) is 1. The Morgan fingerprint density at radius 2 is 1.37 bits per heavy atom. The van der Waals surface area contributed by atoms with Crippen molar-refractivity contribution >= 4 is 29.9 Å². The van der Waals surface area contributed by atoms with E-state index >= 15 is 0 Å². The smallest absolute Gasteiger partial charge is 0.162 e. The fraction of sp³-hybridized carbons (Fsp3) is 0.318. The molecule has 0 amide bonds. The maximum Gasteiger partial charge on any atom is 0.162 e. The third kappa shape index (κ3) is 9.97. The van der Waals surface area contributed by atoms with Crippen molar-refractivity contribution in [3.05, 3.63) is 121 Å². The number of ketones is 1. The quantitative estimate of drug-likeness (QED) is 0.0623. The molecule has 259 valence electrons. The molecule has 0 aliphatic carbocycles. The summed E-state index contributed by atoms with van der Waals surface area (Å²) in [6, 6.07) is 37.9. The number of aryl methyl sites for hydroxylation is 1. The molecule has 1 N–H and O–H groups in total. The fourth-order valence-electron chi connectivity index (χ4n) is 6.35. The molecule has 1 heterocycles. The molecule has 3 nitrogen and oxygen atoms in total. The number of benzene rings is 4. The minimum Gasteiger partial charge on any atom is -0.512 e. The normalized spacial score (nSPS) is 11.7. The van der Waals surface area contributed by atoms with E-state index in [0.29, 0.717) is 0 Å². The van der Waals surface area contributed by atoms with Crippen LogP contribution >= 0.6 is 0 Å². The molecule has 5 rings (SSSR count). The summed E-state index contributed by atoms with van der Waals surface area (Å²) < 4.78 is 0. The Morgan fingerprint density at radius 3 is 1.90 bits per heavy atom. The number of pyridine rings is 1. The molecular weight excluding hydrogens is 795 g/mol. The second kappa shape index (κ2) is 18.4. The number of carbonyl (C=O) groups excluding carboxylic acids is 1. The predicted molar refractivity (Wildman–Crippen MR) is 208 cm³/mol. The summed E-state index contributed by atoms with van der Waals surface area (Å²) in [5.41, 5.74) is 9.30. The van der Waals surface area contributed by atoms with E-state index in [1.54, 1.807) is 0 Å². The number of hydrogen-bond acceptors (Lipinski definition) is 3. The molecule has 0 unspecified atom stereocenters. The Kier molecular flexibility index (Phi) is 14.9. The molecule has 0 bridgehead atoms. The van der Waals surface area contributed by atoms with Crippen LogP contribution in [0.25, 0.3) is 44.4 Å². The van der Waals surface area contributed by atoms with E-state index in [1.165, 1.54) is 44.5 Å². The molecule has 0 saturated heterocycles. The number of allylic oxidation sites excluding steroid dienone is 2. The number of aliphatic hydroxyl groups excluding tert-OH is 1. The van der Waals surface area contributed by atoms with Gasteiger partial charge in [-0.05, 0) is 48.6 Å². The first-order valence-corrected chi connectivity index (χ1v) is 21.0. The maximum absolute atomic E-state index is 11.7. The van der Waals surface area contributed by atoms with Crippen LogP contribution in [0.5, 0.6) is 0 Å². The minimum atomic E-state index is -1.54. The second-order valence-corrected chi connectivity index (χ2v) is 18.7. The van der Waals surface area contributed by atoms with Crippen molar-refractivity contribution in [1.29, 1.82) is 0 Å². The molecule has 0 atom stereocenters. The molecule has 1 radical (unpaired) electrons. The molecule has 0 aliphatic heterocycles. The predicted octanol–water partition coefficient (Wildman–Crippen LogP) is 11.8. The van der Waals surface area contributed by atoms with Crippen LogP contribution in [-0.2, 0) is 24.9 Å². The fourth-order valence-corrected chi connectivity index (χ4v) is 7.96. The van der Waals surface area contributed by atoms with Gasteiger partial charge in [0.25, 0.3) is 0 Å². The van der Waals surface area contributed by atoms with Gasteiger partial charge >= 0.3 is 0 Å². The summed E-state index contributed by atoms with van der Waals surface area (Å²) in [6.45, 7) is 17.5. The Bertz CT molecular complexity index is 1840. The standard InChI is InChI=1S/C31H28NSi.C13H24O2.Ir/c1-22-21-25(15-16-26(22)23-11-7-5-8-12-23)28-18-17-27-29(32-28)19-20-30(33(2,3)4)31(27)24-13-9-6-10-14-24;1-5-10(6-2)12(14)9-13(15)11(7-3)8-4;/h5-14,16-21H,1-4H3;9-11,14H,5-8H2,1-4H3;/q-1;;/b;12-9-;. The van der Waals surface area contributed by atoms with Gasteiger partial charge in [0.05, 0.1) is 19.3 Å². The average Bonchev–Trinajstić information content (AvgIpc) is 3.09. The number of carbonyl (C=O) groups is 1. The molecule has 5 heteroatoms. The number of hydrogen-bond donors (Lipinski definition) is 1. The van der Waals surface area contributed by atoms with Crippen LogP contribution in [0, 0.1) is 24.8 Å². The van der Waals surface area contributed by atoms with E-state index in [2.05, 4.69) is 124 Å². The number of aromatic nitrogens is 1. The molecule has 0 aliphatic rings. The molecule has 0 spiro atoms. The topological polar surface area (TPSA) is 50.2 Å². The Labute approximate surface area is 309 Å². The average molecular weight is 847 g/mol. The van der Waals surface area contributed by atoms with E-state index in [-0.39, 0.29) is 43.5 Å². The van der Waals surface area contributed by atoms with Gasteiger partial charge < -0.3 is 5.11 Å². The summed E-state index contributed by atoms with van der Waals surface area (Å²) in [7, 11) is -1.54. The number of fused-ring (bicyclic) bond motifs is 1. The van der Waals surface area contributed by atoms with E-state index in [4.69, 9.17) is 4.98 Å². The SMILES string of the molecule is CCC(CC)C(=O)/C=C(\O)C(CC)CC.Cc1cc(-c2ccc3c(-c4ccccc4)c([Si](C)(C)C)ccc3n2)[c-]cc1-c1ccccc1.[Ir]. The van der Waals surface area contributed by atoms with Crippen molar-refractivity contribution in [3.63, 3.8) is 0 Å². The van der Waals surface area contributed by atoms with Crippen LogP contribution in [0.1, 0.15) is 58.9 Å². The van der Waals surface area contributed by atoms with E-state index in [1.807, 2.05) is 33.8 Å². The second-order valence-electron chi connectivity index (χ2n) is 13.7. The van der Waals surface area contributed by atoms with Gasteiger partial charge in [0.1, 0.15) is 0 Å². The van der Waals surface area contributed by atoms with E-state index < -0.39 is 8.07 Å². The van der Waals surface area contributed by atoms with Crippen molar-refractivity contribution in [1.82, 2.24) is 4.98 Å². The summed E-state index contributed by atoms with van der Waals surface area (Å²) >= 11 is 0.